The quantitative estimate of drug-likeness (QED) is 0.762. The fourth-order valence-corrected chi connectivity index (χ4v) is 2.68. The molecule has 1 fully saturated rings. The van der Waals surface area contributed by atoms with Crippen LogP contribution in [0.2, 0.25) is 0 Å². The van der Waals surface area contributed by atoms with Crippen molar-refractivity contribution in [3.8, 4) is 0 Å². The van der Waals surface area contributed by atoms with Gasteiger partial charge in [-0.25, -0.2) is 0 Å². The van der Waals surface area contributed by atoms with Crippen LogP contribution < -0.4 is 0 Å². The number of aliphatic hydroxyl groups is 1. The molecule has 2 nitrogen and oxygen atoms in total. The maximum absolute atomic E-state index is 10.6. The number of methoxy groups -OCH3 is 1. The summed E-state index contributed by atoms with van der Waals surface area (Å²) >= 11 is 0. The molecular weight excluding hydrogens is 188 g/mol. The van der Waals surface area contributed by atoms with Crippen molar-refractivity contribution in [2.75, 3.05) is 13.7 Å². The van der Waals surface area contributed by atoms with E-state index in [2.05, 4.69) is 6.92 Å². The van der Waals surface area contributed by atoms with E-state index in [0.717, 1.165) is 13.0 Å². The van der Waals surface area contributed by atoms with E-state index in [1.54, 1.807) is 7.11 Å². The topological polar surface area (TPSA) is 29.5 Å². The lowest BCUT2D eigenvalue weighted by Crippen LogP contribution is -2.42. The molecule has 0 bridgehead atoms. The molecule has 2 unspecified atom stereocenters. The molecule has 1 aliphatic carbocycles. The van der Waals surface area contributed by atoms with Crippen molar-refractivity contribution < 1.29 is 9.84 Å². The second-order valence-electron chi connectivity index (χ2n) is 5.24. The molecule has 2 atom stereocenters. The van der Waals surface area contributed by atoms with Gasteiger partial charge in [-0.3, -0.25) is 0 Å². The maximum atomic E-state index is 10.6. The largest absolute Gasteiger partial charge is 0.390 e. The summed E-state index contributed by atoms with van der Waals surface area (Å²) in [5.41, 5.74) is -0.501. The summed E-state index contributed by atoms with van der Waals surface area (Å²) in [7, 11) is 1.72. The molecule has 0 aliphatic heterocycles. The smallest absolute Gasteiger partial charge is 0.0674 e. The second kappa shape index (κ2) is 5.86. The Hall–Kier alpha value is -0.0800. The van der Waals surface area contributed by atoms with Crippen LogP contribution in [0.5, 0.6) is 0 Å². The number of ether oxygens (including phenoxy) is 1. The van der Waals surface area contributed by atoms with E-state index in [4.69, 9.17) is 4.74 Å². The first-order valence-electron chi connectivity index (χ1n) is 6.30. The van der Waals surface area contributed by atoms with Gasteiger partial charge in [0, 0.05) is 13.7 Å². The predicted molar refractivity (Wildman–Crippen MR) is 62.9 cm³/mol. The molecule has 0 aromatic heterocycles. The van der Waals surface area contributed by atoms with Gasteiger partial charge in [-0.2, -0.15) is 0 Å². The van der Waals surface area contributed by atoms with E-state index in [0.29, 0.717) is 11.8 Å². The summed E-state index contributed by atoms with van der Waals surface area (Å²) in [6.45, 7) is 4.92. The first-order valence-corrected chi connectivity index (χ1v) is 6.30. The van der Waals surface area contributed by atoms with Crippen LogP contribution in [0.15, 0.2) is 0 Å². The fourth-order valence-electron chi connectivity index (χ4n) is 2.68. The lowest BCUT2D eigenvalue weighted by atomic mass is 9.71. The van der Waals surface area contributed by atoms with Crippen molar-refractivity contribution in [3.05, 3.63) is 0 Å². The molecule has 90 valence electrons. The Morgan fingerprint density at radius 3 is 2.47 bits per heavy atom. The SMILES string of the molecule is COCCC(C)C(C)(O)C1CCCCC1. The monoisotopic (exact) mass is 214 g/mol. The number of hydrogen-bond donors (Lipinski definition) is 1. The lowest BCUT2D eigenvalue weighted by molar-refractivity contribution is -0.0672. The Morgan fingerprint density at radius 1 is 1.33 bits per heavy atom. The minimum atomic E-state index is -0.501. The summed E-state index contributed by atoms with van der Waals surface area (Å²) in [5.74, 6) is 0.832. The van der Waals surface area contributed by atoms with Crippen LogP contribution in [0.1, 0.15) is 52.4 Å². The Morgan fingerprint density at radius 2 is 1.93 bits per heavy atom. The van der Waals surface area contributed by atoms with Gasteiger partial charge in [0.05, 0.1) is 5.60 Å². The zero-order chi connectivity index (χ0) is 11.3. The molecule has 0 saturated heterocycles. The van der Waals surface area contributed by atoms with E-state index < -0.39 is 5.60 Å². The third-order valence-corrected chi connectivity index (χ3v) is 4.18. The molecule has 1 aliphatic rings. The van der Waals surface area contributed by atoms with Gasteiger partial charge in [0.2, 0.25) is 0 Å². The third-order valence-electron chi connectivity index (χ3n) is 4.18. The number of rotatable bonds is 5. The first kappa shape index (κ1) is 13.0. The highest BCUT2D eigenvalue weighted by Crippen LogP contribution is 2.37. The molecule has 2 heteroatoms. The average Bonchev–Trinajstić information content (AvgIpc) is 2.27. The first-order chi connectivity index (χ1) is 7.09. The summed E-state index contributed by atoms with van der Waals surface area (Å²) in [5, 5.41) is 10.6. The van der Waals surface area contributed by atoms with Crippen molar-refractivity contribution in [1.29, 1.82) is 0 Å². The zero-order valence-corrected chi connectivity index (χ0v) is 10.5. The Labute approximate surface area is 94.0 Å². The maximum Gasteiger partial charge on any atom is 0.0674 e. The highest BCUT2D eigenvalue weighted by molar-refractivity contribution is 4.88. The molecule has 0 amide bonds. The van der Waals surface area contributed by atoms with Crippen molar-refractivity contribution in [2.45, 2.75) is 58.0 Å². The zero-order valence-electron chi connectivity index (χ0n) is 10.5. The normalized spacial score (nSPS) is 24.8. The lowest BCUT2D eigenvalue weighted by Gasteiger charge is -2.40. The Balaban J connectivity index is 2.46. The van der Waals surface area contributed by atoms with E-state index >= 15 is 0 Å². The van der Waals surface area contributed by atoms with Gasteiger partial charge in [0.1, 0.15) is 0 Å². The average molecular weight is 214 g/mol. The minimum absolute atomic E-state index is 0.334. The summed E-state index contributed by atoms with van der Waals surface area (Å²) in [6, 6.07) is 0. The van der Waals surface area contributed by atoms with Gasteiger partial charge in [0.15, 0.2) is 0 Å². The summed E-state index contributed by atoms with van der Waals surface area (Å²) in [6.07, 6.45) is 7.28. The highest BCUT2D eigenvalue weighted by Gasteiger charge is 2.37. The van der Waals surface area contributed by atoms with E-state index in [1.807, 2.05) is 6.92 Å². The molecule has 0 heterocycles. The van der Waals surface area contributed by atoms with Gasteiger partial charge in [0.25, 0.3) is 0 Å². The third kappa shape index (κ3) is 3.46. The molecule has 0 radical (unpaired) electrons. The van der Waals surface area contributed by atoms with Crippen molar-refractivity contribution >= 4 is 0 Å². The minimum Gasteiger partial charge on any atom is -0.390 e. The van der Waals surface area contributed by atoms with Crippen LogP contribution in [0.25, 0.3) is 0 Å². The molecule has 1 saturated carbocycles. The summed E-state index contributed by atoms with van der Waals surface area (Å²) in [4.78, 5) is 0. The van der Waals surface area contributed by atoms with E-state index in [-0.39, 0.29) is 0 Å². The van der Waals surface area contributed by atoms with Crippen molar-refractivity contribution in [3.63, 3.8) is 0 Å². The van der Waals surface area contributed by atoms with Crippen LogP contribution in [0.3, 0.4) is 0 Å². The van der Waals surface area contributed by atoms with Crippen LogP contribution >= 0.6 is 0 Å². The van der Waals surface area contributed by atoms with Crippen molar-refractivity contribution in [2.24, 2.45) is 11.8 Å². The van der Waals surface area contributed by atoms with E-state index in [9.17, 15) is 5.11 Å². The molecule has 0 aromatic carbocycles. The Bertz CT molecular complexity index is 171. The van der Waals surface area contributed by atoms with Gasteiger partial charge in [-0.05, 0) is 38.0 Å². The van der Waals surface area contributed by atoms with Gasteiger partial charge in [-0.1, -0.05) is 26.2 Å². The predicted octanol–water partition coefficient (Wildman–Crippen LogP) is 2.99. The summed E-state index contributed by atoms with van der Waals surface area (Å²) < 4.78 is 5.08. The van der Waals surface area contributed by atoms with Crippen LogP contribution in [0.4, 0.5) is 0 Å². The molecule has 0 spiro atoms. The molecule has 1 N–H and O–H groups in total. The van der Waals surface area contributed by atoms with E-state index in [1.165, 1.54) is 32.1 Å². The second-order valence-corrected chi connectivity index (χ2v) is 5.24. The van der Waals surface area contributed by atoms with Crippen LogP contribution in [-0.2, 0) is 4.74 Å². The van der Waals surface area contributed by atoms with Gasteiger partial charge < -0.3 is 9.84 Å². The van der Waals surface area contributed by atoms with Crippen LogP contribution in [-0.4, -0.2) is 24.4 Å². The fraction of sp³-hybridized carbons (Fsp3) is 1.00. The molecule has 1 rings (SSSR count). The number of hydrogen-bond acceptors (Lipinski definition) is 2. The van der Waals surface area contributed by atoms with Gasteiger partial charge >= 0.3 is 0 Å². The van der Waals surface area contributed by atoms with Gasteiger partial charge in [-0.15, -0.1) is 0 Å². The molecular formula is C13H26O2. The highest BCUT2D eigenvalue weighted by atomic mass is 16.5. The standard InChI is InChI=1S/C13H26O2/c1-11(9-10-15-3)13(2,14)12-7-5-4-6-8-12/h11-12,14H,4-10H2,1-3H3. The Kier molecular flexibility index (Phi) is 5.07. The molecule has 0 aromatic rings. The van der Waals surface area contributed by atoms with Crippen molar-refractivity contribution in [1.82, 2.24) is 0 Å². The van der Waals surface area contributed by atoms with Crippen LogP contribution in [0, 0.1) is 11.8 Å². The molecule has 15 heavy (non-hydrogen) atoms.